The smallest absolute Gasteiger partial charge is 0.357 e. The Bertz CT molecular complexity index is 659. The van der Waals surface area contributed by atoms with Crippen LogP contribution in [0.5, 0.6) is 0 Å². The van der Waals surface area contributed by atoms with Crippen LogP contribution in [0.4, 0.5) is 13.2 Å². The van der Waals surface area contributed by atoms with Gasteiger partial charge in [-0.05, 0) is 12.1 Å². The fraction of sp³-hybridized carbons (Fsp3) is 0.0833. The summed E-state index contributed by atoms with van der Waals surface area (Å²) in [6.45, 7) is 0. The summed E-state index contributed by atoms with van der Waals surface area (Å²) in [7, 11) is 0. The Morgan fingerprint density at radius 3 is 2.11 bits per heavy atom. The molecule has 0 saturated heterocycles. The molecule has 0 aliphatic rings. The zero-order valence-electron chi connectivity index (χ0n) is 9.18. The highest BCUT2D eigenvalue weighted by Gasteiger charge is 2.36. The Balaban J connectivity index is 2.87. The first kappa shape index (κ1) is 14.0. The number of aromatic amines is 1. The normalized spacial score (nSPS) is 11.6. The molecule has 0 aliphatic heterocycles. The summed E-state index contributed by atoms with van der Waals surface area (Å²) in [5.41, 5.74) is -2.68. The summed E-state index contributed by atoms with van der Waals surface area (Å²) in [4.78, 5) is 13.8. The van der Waals surface area contributed by atoms with Gasteiger partial charge in [0.2, 0.25) is 0 Å². The van der Waals surface area contributed by atoms with Crippen molar-refractivity contribution in [1.29, 1.82) is 0 Å². The number of halogens is 5. The van der Waals surface area contributed by atoms with Crippen molar-refractivity contribution in [3.63, 3.8) is 0 Å². The van der Waals surface area contributed by atoms with Gasteiger partial charge in [-0.3, -0.25) is 4.79 Å². The Hall–Kier alpha value is -1.46. The zero-order chi connectivity index (χ0) is 14.2. The first-order valence-electron chi connectivity index (χ1n) is 5.05. The molecular weight excluding hydrogens is 302 g/mol. The zero-order valence-corrected chi connectivity index (χ0v) is 10.7. The number of H-pyrrole nitrogens is 1. The molecule has 1 heterocycles. The maximum atomic E-state index is 12.9. The molecule has 1 aromatic heterocycles. The minimum Gasteiger partial charge on any atom is -0.357 e. The molecule has 0 bridgehead atoms. The minimum atomic E-state index is -4.71. The van der Waals surface area contributed by atoms with E-state index in [0.717, 1.165) is 12.3 Å². The van der Waals surface area contributed by atoms with Crippen LogP contribution < -0.4 is 5.43 Å². The highest BCUT2D eigenvalue weighted by Crippen LogP contribution is 2.39. The van der Waals surface area contributed by atoms with Gasteiger partial charge in [0.05, 0.1) is 15.6 Å². The van der Waals surface area contributed by atoms with Crippen molar-refractivity contribution in [3.05, 3.63) is 56.4 Å². The highest BCUT2D eigenvalue weighted by molar-refractivity contribution is 6.39. The molecule has 0 amide bonds. The van der Waals surface area contributed by atoms with Crippen molar-refractivity contribution >= 4 is 23.2 Å². The Morgan fingerprint density at radius 2 is 1.58 bits per heavy atom. The van der Waals surface area contributed by atoms with Crippen LogP contribution in [0.1, 0.15) is 5.69 Å². The first-order chi connectivity index (χ1) is 8.82. The lowest BCUT2D eigenvalue weighted by Crippen LogP contribution is -2.17. The summed E-state index contributed by atoms with van der Waals surface area (Å²) in [6, 6.07) is 5.22. The molecule has 0 atom stereocenters. The fourth-order valence-electron chi connectivity index (χ4n) is 1.69. The van der Waals surface area contributed by atoms with E-state index in [1.807, 2.05) is 4.98 Å². The molecule has 2 rings (SSSR count). The maximum absolute atomic E-state index is 12.9. The van der Waals surface area contributed by atoms with Crippen molar-refractivity contribution in [3.8, 4) is 11.1 Å². The number of hydrogen-bond donors (Lipinski definition) is 1. The average Bonchev–Trinajstić information content (AvgIpc) is 2.29. The Kier molecular flexibility index (Phi) is 3.60. The molecular formula is C12H6Cl2F3NO. The van der Waals surface area contributed by atoms with Crippen LogP contribution in [-0.2, 0) is 6.18 Å². The molecule has 1 aromatic carbocycles. The largest absolute Gasteiger partial charge is 0.431 e. The summed E-state index contributed by atoms with van der Waals surface area (Å²) in [6.07, 6.45) is -3.78. The monoisotopic (exact) mass is 307 g/mol. The van der Waals surface area contributed by atoms with E-state index in [1.165, 1.54) is 18.2 Å². The second kappa shape index (κ2) is 4.90. The van der Waals surface area contributed by atoms with Crippen LogP contribution in [0, 0.1) is 0 Å². The molecule has 2 nitrogen and oxygen atoms in total. The predicted octanol–water partition coefficient (Wildman–Crippen LogP) is 4.37. The number of rotatable bonds is 1. The molecule has 7 heteroatoms. The summed E-state index contributed by atoms with van der Waals surface area (Å²) >= 11 is 11.7. The SMILES string of the molecule is O=c1cc[nH]c(C(F)(F)F)c1-c1c(Cl)cccc1Cl. The standard InChI is InChI=1S/C12H6Cl2F3NO/c13-6-2-1-3-7(14)9(6)10-8(19)4-5-18-11(10)12(15,16)17/h1-5H,(H,18,19). The van der Waals surface area contributed by atoms with E-state index < -0.39 is 22.9 Å². The van der Waals surface area contributed by atoms with Gasteiger partial charge in [0.1, 0.15) is 5.69 Å². The molecule has 0 spiro atoms. The highest BCUT2D eigenvalue weighted by atomic mass is 35.5. The van der Waals surface area contributed by atoms with Crippen LogP contribution in [0.15, 0.2) is 35.3 Å². The van der Waals surface area contributed by atoms with E-state index in [9.17, 15) is 18.0 Å². The summed E-state index contributed by atoms with van der Waals surface area (Å²) in [5.74, 6) is 0. The lowest BCUT2D eigenvalue weighted by Gasteiger charge is -2.13. The number of hydrogen-bond acceptors (Lipinski definition) is 1. The number of nitrogens with one attached hydrogen (secondary N) is 1. The maximum Gasteiger partial charge on any atom is 0.431 e. The van der Waals surface area contributed by atoms with Crippen molar-refractivity contribution in [2.24, 2.45) is 0 Å². The van der Waals surface area contributed by atoms with Gasteiger partial charge in [-0.1, -0.05) is 29.3 Å². The van der Waals surface area contributed by atoms with Gasteiger partial charge in [0.15, 0.2) is 5.43 Å². The van der Waals surface area contributed by atoms with Gasteiger partial charge in [-0.25, -0.2) is 0 Å². The average molecular weight is 308 g/mol. The molecule has 100 valence electrons. The second-order valence-corrected chi connectivity index (χ2v) is 4.50. The molecule has 19 heavy (non-hydrogen) atoms. The van der Waals surface area contributed by atoms with Crippen LogP contribution in [0.3, 0.4) is 0 Å². The molecule has 2 aromatic rings. The van der Waals surface area contributed by atoms with Crippen molar-refractivity contribution < 1.29 is 13.2 Å². The van der Waals surface area contributed by atoms with Gasteiger partial charge in [-0.2, -0.15) is 13.2 Å². The van der Waals surface area contributed by atoms with Gasteiger partial charge < -0.3 is 4.98 Å². The van der Waals surface area contributed by atoms with E-state index in [-0.39, 0.29) is 15.6 Å². The van der Waals surface area contributed by atoms with Crippen molar-refractivity contribution in [2.75, 3.05) is 0 Å². The topological polar surface area (TPSA) is 32.9 Å². The van der Waals surface area contributed by atoms with E-state index >= 15 is 0 Å². The minimum absolute atomic E-state index is 0.0188. The molecule has 0 radical (unpaired) electrons. The van der Waals surface area contributed by atoms with Crippen LogP contribution >= 0.6 is 23.2 Å². The third kappa shape index (κ3) is 2.62. The molecule has 1 N–H and O–H groups in total. The first-order valence-corrected chi connectivity index (χ1v) is 5.81. The van der Waals surface area contributed by atoms with E-state index in [1.54, 1.807) is 0 Å². The quantitative estimate of drug-likeness (QED) is 0.834. The van der Waals surface area contributed by atoms with E-state index in [4.69, 9.17) is 23.2 Å². The Labute approximate surface area is 115 Å². The molecule has 0 unspecified atom stereocenters. The number of alkyl halides is 3. The molecule has 0 fully saturated rings. The van der Waals surface area contributed by atoms with Gasteiger partial charge in [-0.15, -0.1) is 0 Å². The molecule has 0 saturated carbocycles. The van der Waals surface area contributed by atoms with Crippen LogP contribution in [0.25, 0.3) is 11.1 Å². The van der Waals surface area contributed by atoms with Crippen LogP contribution in [0.2, 0.25) is 10.0 Å². The lowest BCUT2D eigenvalue weighted by molar-refractivity contribution is -0.140. The third-order valence-corrected chi connectivity index (χ3v) is 3.08. The van der Waals surface area contributed by atoms with E-state index in [2.05, 4.69) is 0 Å². The summed E-state index contributed by atoms with van der Waals surface area (Å²) < 4.78 is 38.8. The Morgan fingerprint density at radius 1 is 1.00 bits per heavy atom. The van der Waals surface area contributed by atoms with Gasteiger partial charge >= 0.3 is 6.18 Å². The predicted molar refractivity (Wildman–Crippen MR) is 67.5 cm³/mol. The number of benzene rings is 1. The third-order valence-electron chi connectivity index (χ3n) is 2.46. The molecule has 0 aliphatic carbocycles. The lowest BCUT2D eigenvalue weighted by atomic mass is 10.0. The van der Waals surface area contributed by atoms with Crippen molar-refractivity contribution in [2.45, 2.75) is 6.18 Å². The van der Waals surface area contributed by atoms with E-state index in [0.29, 0.717) is 0 Å². The van der Waals surface area contributed by atoms with Gasteiger partial charge in [0.25, 0.3) is 0 Å². The van der Waals surface area contributed by atoms with Crippen LogP contribution in [-0.4, -0.2) is 4.98 Å². The van der Waals surface area contributed by atoms with Gasteiger partial charge in [0, 0.05) is 17.8 Å². The second-order valence-electron chi connectivity index (χ2n) is 3.69. The number of pyridine rings is 1. The fourth-order valence-corrected chi connectivity index (χ4v) is 2.27. The van der Waals surface area contributed by atoms with Crippen molar-refractivity contribution in [1.82, 2.24) is 4.98 Å². The summed E-state index contributed by atoms with van der Waals surface area (Å²) in [5, 5.41) is -0.0376. The number of aromatic nitrogens is 1.